The van der Waals surface area contributed by atoms with Crippen LogP contribution < -0.4 is 11.5 Å². The third-order valence-corrected chi connectivity index (χ3v) is 5.47. The molecule has 1 aliphatic carbocycles. The number of rotatable bonds is 7. The zero-order valence-corrected chi connectivity index (χ0v) is 17.9. The molecule has 0 atom stereocenters. The Morgan fingerprint density at radius 3 is 2.29 bits per heavy atom. The smallest absolute Gasteiger partial charge is 0.338 e. The minimum atomic E-state index is -0.438. The van der Waals surface area contributed by atoms with Crippen molar-refractivity contribution >= 4 is 29.4 Å². The predicted molar refractivity (Wildman–Crippen MR) is 122 cm³/mol. The maximum absolute atomic E-state index is 12.3. The molecule has 1 saturated carbocycles. The number of nitrogens with two attached hydrogens (primary N) is 2. The fourth-order valence-corrected chi connectivity index (χ4v) is 3.67. The van der Waals surface area contributed by atoms with Crippen LogP contribution in [0.25, 0.3) is 6.08 Å². The highest BCUT2D eigenvalue weighted by Crippen LogP contribution is 2.26. The van der Waals surface area contributed by atoms with Crippen molar-refractivity contribution in [3.8, 4) is 0 Å². The topological polar surface area (TPSA) is 105 Å². The number of hydrogen-bond donors (Lipinski definition) is 2. The van der Waals surface area contributed by atoms with Gasteiger partial charge in [-0.2, -0.15) is 0 Å². The molecule has 0 bridgehead atoms. The van der Waals surface area contributed by atoms with Crippen LogP contribution in [0.3, 0.4) is 0 Å². The van der Waals surface area contributed by atoms with Gasteiger partial charge in [-0.1, -0.05) is 19.1 Å². The maximum Gasteiger partial charge on any atom is 0.338 e. The maximum atomic E-state index is 12.3. The zero-order valence-electron chi connectivity index (χ0n) is 17.9. The monoisotopic (exact) mass is 422 g/mol. The quantitative estimate of drug-likeness (QED) is 0.390. The molecule has 0 spiro atoms. The molecule has 0 unspecified atom stereocenters. The molecule has 6 nitrogen and oxygen atoms in total. The van der Waals surface area contributed by atoms with Gasteiger partial charge in [0.05, 0.1) is 12.2 Å². The van der Waals surface area contributed by atoms with Crippen molar-refractivity contribution in [2.75, 3.05) is 18.1 Å². The summed E-state index contributed by atoms with van der Waals surface area (Å²) in [4.78, 5) is 24.2. The lowest BCUT2D eigenvalue weighted by atomic mass is 9.89. The Balaban J connectivity index is 1.44. The second kappa shape index (κ2) is 10.7. The molecule has 0 radical (unpaired) electrons. The van der Waals surface area contributed by atoms with Crippen molar-refractivity contribution in [3.05, 3.63) is 65.2 Å². The van der Waals surface area contributed by atoms with Crippen LogP contribution in [0.2, 0.25) is 0 Å². The van der Waals surface area contributed by atoms with Crippen LogP contribution >= 0.6 is 0 Å². The van der Waals surface area contributed by atoms with Gasteiger partial charge in [0.2, 0.25) is 0 Å². The van der Waals surface area contributed by atoms with Crippen molar-refractivity contribution in [2.24, 2.45) is 5.92 Å². The van der Waals surface area contributed by atoms with Crippen LogP contribution in [0.5, 0.6) is 0 Å². The largest absolute Gasteiger partial charge is 0.462 e. The fourth-order valence-electron chi connectivity index (χ4n) is 3.67. The lowest BCUT2D eigenvalue weighted by Gasteiger charge is -2.25. The minimum Gasteiger partial charge on any atom is -0.462 e. The van der Waals surface area contributed by atoms with Crippen LogP contribution in [-0.4, -0.2) is 24.6 Å². The normalized spacial score (nSPS) is 18.6. The molecule has 0 saturated heterocycles. The first-order valence-corrected chi connectivity index (χ1v) is 10.7. The van der Waals surface area contributed by atoms with E-state index >= 15 is 0 Å². The van der Waals surface area contributed by atoms with Crippen LogP contribution in [-0.2, 0) is 20.7 Å². The van der Waals surface area contributed by atoms with Crippen molar-refractivity contribution < 1.29 is 19.1 Å². The van der Waals surface area contributed by atoms with Crippen LogP contribution in [0, 0.1) is 5.92 Å². The van der Waals surface area contributed by atoms with E-state index in [4.69, 9.17) is 20.9 Å². The van der Waals surface area contributed by atoms with E-state index in [1.807, 2.05) is 0 Å². The van der Waals surface area contributed by atoms with Gasteiger partial charge in [-0.25, -0.2) is 9.59 Å². The third-order valence-electron chi connectivity index (χ3n) is 5.47. The molecule has 0 aromatic heterocycles. The van der Waals surface area contributed by atoms with E-state index in [0.29, 0.717) is 29.3 Å². The van der Waals surface area contributed by atoms with Gasteiger partial charge in [-0.3, -0.25) is 0 Å². The lowest BCUT2D eigenvalue weighted by Crippen LogP contribution is -2.23. The molecule has 3 rings (SSSR count). The Hall–Kier alpha value is -3.28. The highest BCUT2D eigenvalue weighted by Gasteiger charge is 2.22. The highest BCUT2D eigenvalue weighted by molar-refractivity contribution is 5.90. The molecule has 4 N–H and O–H groups in total. The molecule has 2 aromatic carbocycles. The van der Waals surface area contributed by atoms with Gasteiger partial charge >= 0.3 is 11.9 Å². The average molecular weight is 423 g/mol. The van der Waals surface area contributed by atoms with Crippen LogP contribution in [0.15, 0.2) is 48.5 Å². The summed E-state index contributed by atoms with van der Waals surface area (Å²) in [6.07, 6.45) is 7.63. The number of carbonyl (C=O) groups excluding carboxylic acids is 2. The van der Waals surface area contributed by atoms with E-state index < -0.39 is 5.97 Å². The Labute approximate surface area is 183 Å². The van der Waals surface area contributed by atoms with E-state index in [2.05, 4.69) is 6.92 Å². The van der Waals surface area contributed by atoms with E-state index in [-0.39, 0.29) is 18.7 Å². The number of hydrogen-bond acceptors (Lipinski definition) is 6. The predicted octanol–water partition coefficient (Wildman–Crippen LogP) is 4.39. The first-order valence-electron chi connectivity index (χ1n) is 10.7. The molecular weight excluding hydrogens is 392 g/mol. The summed E-state index contributed by atoms with van der Waals surface area (Å²) in [5.74, 6) is -0.0211. The summed E-state index contributed by atoms with van der Waals surface area (Å²) in [5, 5.41) is 0. The summed E-state index contributed by atoms with van der Waals surface area (Å²) in [6.45, 7) is 2.46. The summed E-state index contributed by atoms with van der Waals surface area (Å²) >= 11 is 0. The molecule has 2 aromatic rings. The number of ether oxygens (including phenoxy) is 2. The summed E-state index contributed by atoms with van der Waals surface area (Å²) in [5.41, 5.74) is 14.9. The third kappa shape index (κ3) is 7.17. The van der Waals surface area contributed by atoms with Crippen molar-refractivity contribution in [1.29, 1.82) is 0 Å². The van der Waals surface area contributed by atoms with E-state index in [1.165, 1.54) is 6.08 Å². The van der Waals surface area contributed by atoms with Gasteiger partial charge in [0.15, 0.2) is 0 Å². The minimum absolute atomic E-state index is 0.0156. The number of nitrogen functional groups attached to an aromatic ring is 2. The molecule has 31 heavy (non-hydrogen) atoms. The highest BCUT2D eigenvalue weighted by atomic mass is 16.5. The molecule has 164 valence electrons. The van der Waals surface area contributed by atoms with Gasteiger partial charge in [0.25, 0.3) is 0 Å². The van der Waals surface area contributed by atoms with E-state index in [1.54, 1.807) is 48.5 Å². The first kappa shape index (κ1) is 22.4. The second-order valence-electron chi connectivity index (χ2n) is 8.17. The number of esters is 2. The van der Waals surface area contributed by atoms with Crippen LogP contribution in [0.1, 0.15) is 54.1 Å². The summed E-state index contributed by atoms with van der Waals surface area (Å²) in [6, 6.07) is 12.3. The van der Waals surface area contributed by atoms with Gasteiger partial charge in [-0.15, -0.1) is 0 Å². The van der Waals surface area contributed by atoms with E-state index in [9.17, 15) is 9.59 Å². The average Bonchev–Trinajstić information content (AvgIpc) is 2.73. The lowest BCUT2D eigenvalue weighted by molar-refractivity contribution is -0.137. The zero-order chi connectivity index (χ0) is 22.2. The Morgan fingerprint density at radius 2 is 1.65 bits per heavy atom. The molecule has 0 aliphatic heterocycles. The molecule has 0 amide bonds. The molecular formula is C25H30N2O4. The summed E-state index contributed by atoms with van der Waals surface area (Å²) in [7, 11) is 0. The summed E-state index contributed by atoms with van der Waals surface area (Å²) < 4.78 is 10.8. The van der Waals surface area contributed by atoms with Crippen molar-refractivity contribution in [2.45, 2.75) is 45.1 Å². The Kier molecular flexibility index (Phi) is 7.70. The standard InChI is InChI=1S/C25H30N2O4/c1-17-2-9-23(10-3-17)31-25(29)20-7-4-18(5-8-20)6-11-24(28)30-13-12-19-14-21(26)16-22(27)15-19/h4-8,11,14-17,23H,2-3,9-10,12-13,26-27H2,1H3/b11-6+. The van der Waals surface area contributed by atoms with Gasteiger partial charge in [-0.05, 0) is 79.1 Å². The molecule has 1 fully saturated rings. The van der Waals surface area contributed by atoms with Gasteiger partial charge in [0.1, 0.15) is 6.10 Å². The van der Waals surface area contributed by atoms with Crippen LogP contribution in [0.4, 0.5) is 11.4 Å². The Bertz CT molecular complexity index is 909. The van der Waals surface area contributed by atoms with Crippen molar-refractivity contribution in [3.63, 3.8) is 0 Å². The molecule has 6 heteroatoms. The Morgan fingerprint density at radius 1 is 1.00 bits per heavy atom. The van der Waals surface area contributed by atoms with E-state index in [0.717, 1.165) is 36.8 Å². The second-order valence-corrected chi connectivity index (χ2v) is 8.17. The fraction of sp³-hybridized carbons (Fsp3) is 0.360. The number of anilines is 2. The first-order chi connectivity index (χ1) is 14.9. The van der Waals surface area contributed by atoms with Gasteiger partial charge < -0.3 is 20.9 Å². The SMILES string of the molecule is CC1CCC(OC(=O)c2ccc(/C=C/C(=O)OCCc3cc(N)cc(N)c3)cc2)CC1. The van der Waals surface area contributed by atoms with Gasteiger partial charge in [0, 0.05) is 23.9 Å². The molecule has 0 heterocycles. The number of benzene rings is 2. The van der Waals surface area contributed by atoms with Crippen molar-refractivity contribution in [1.82, 2.24) is 0 Å². The number of carbonyl (C=O) groups is 2. The molecule has 1 aliphatic rings.